The summed E-state index contributed by atoms with van der Waals surface area (Å²) in [5.41, 5.74) is 0.624. The summed E-state index contributed by atoms with van der Waals surface area (Å²) in [4.78, 5) is 15.6. The summed E-state index contributed by atoms with van der Waals surface area (Å²) in [6.07, 6.45) is 0. The van der Waals surface area contributed by atoms with Gasteiger partial charge in [-0.1, -0.05) is 6.07 Å². The van der Waals surface area contributed by atoms with Crippen molar-refractivity contribution < 1.29 is 19.1 Å². The average molecular weight is 227 g/mol. The minimum atomic E-state index is -0.684. The summed E-state index contributed by atoms with van der Waals surface area (Å²) in [5.74, 6) is -1.49. The second-order valence-corrected chi connectivity index (χ2v) is 3.32. The minimum Gasteiger partial charge on any atom is -0.505 e. The summed E-state index contributed by atoms with van der Waals surface area (Å²) < 4.78 is 13.0. The molecule has 16 heavy (non-hydrogen) atoms. The van der Waals surface area contributed by atoms with Crippen LogP contribution in [0.1, 0.15) is 19.4 Å². The molecule has 0 unspecified atom stereocenters. The molecule has 0 fully saturated rings. The van der Waals surface area contributed by atoms with Gasteiger partial charge in [0.05, 0.1) is 6.54 Å². The molecule has 88 valence electrons. The Morgan fingerprint density at radius 1 is 1.56 bits per heavy atom. The highest BCUT2D eigenvalue weighted by Crippen LogP contribution is 2.17. The van der Waals surface area contributed by atoms with E-state index in [2.05, 4.69) is 0 Å². The minimum absolute atomic E-state index is 0.285. The number of nitrogens with zero attached hydrogens (tertiary/aromatic N) is 1. The summed E-state index contributed by atoms with van der Waals surface area (Å²) in [7, 11) is 0. The molecule has 1 N–H and O–H groups in total. The zero-order chi connectivity index (χ0) is 12.1. The van der Waals surface area contributed by atoms with Crippen molar-refractivity contribution in [3.05, 3.63) is 29.6 Å². The number of hydrogen-bond donors (Lipinski definition) is 1. The molecule has 0 aliphatic rings. The van der Waals surface area contributed by atoms with Crippen molar-refractivity contribution in [3.63, 3.8) is 0 Å². The van der Waals surface area contributed by atoms with Gasteiger partial charge >= 0.3 is 5.97 Å². The molecule has 0 saturated carbocycles. The van der Waals surface area contributed by atoms with Crippen molar-refractivity contribution in [1.82, 2.24) is 5.06 Å². The first-order valence-corrected chi connectivity index (χ1v) is 4.93. The molecule has 0 aromatic heterocycles. The Bertz CT molecular complexity index is 381. The Morgan fingerprint density at radius 2 is 2.25 bits per heavy atom. The van der Waals surface area contributed by atoms with Crippen LogP contribution in [0.25, 0.3) is 0 Å². The first-order chi connectivity index (χ1) is 7.52. The van der Waals surface area contributed by atoms with Crippen LogP contribution in [0.5, 0.6) is 5.75 Å². The summed E-state index contributed by atoms with van der Waals surface area (Å²) in [6, 6.07) is 4.05. The van der Waals surface area contributed by atoms with Crippen LogP contribution in [0.2, 0.25) is 0 Å². The molecular weight excluding hydrogens is 213 g/mol. The van der Waals surface area contributed by atoms with E-state index >= 15 is 0 Å². The lowest BCUT2D eigenvalue weighted by atomic mass is 10.2. The fourth-order valence-electron chi connectivity index (χ4n) is 1.24. The monoisotopic (exact) mass is 227 g/mol. The first kappa shape index (κ1) is 12.4. The summed E-state index contributed by atoms with van der Waals surface area (Å²) >= 11 is 0. The third kappa shape index (κ3) is 3.51. The molecule has 0 heterocycles. The normalized spacial score (nSPS) is 10.5. The van der Waals surface area contributed by atoms with E-state index in [1.54, 1.807) is 6.07 Å². The van der Waals surface area contributed by atoms with Crippen LogP contribution in [-0.2, 0) is 16.2 Å². The van der Waals surface area contributed by atoms with E-state index in [0.717, 1.165) is 0 Å². The smallest absolute Gasteiger partial charge is 0.322 e. The zero-order valence-electron chi connectivity index (χ0n) is 9.24. The van der Waals surface area contributed by atoms with Crippen LogP contribution >= 0.6 is 0 Å². The van der Waals surface area contributed by atoms with E-state index in [0.29, 0.717) is 12.1 Å². The van der Waals surface area contributed by atoms with E-state index in [4.69, 9.17) is 9.94 Å². The highest BCUT2D eigenvalue weighted by Gasteiger charge is 2.09. The van der Waals surface area contributed by atoms with Gasteiger partial charge in [-0.05, 0) is 24.6 Å². The Kier molecular flexibility index (Phi) is 4.25. The summed E-state index contributed by atoms with van der Waals surface area (Å²) in [5, 5.41) is 10.4. The van der Waals surface area contributed by atoms with Crippen LogP contribution in [-0.4, -0.2) is 22.7 Å². The average Bonchev–Trinajstić information content (AvgIpc) is 2.22. The molecule has 0 bridgehead atoms. The topological polar surface area (TPSA) is 49.8 Å². The molecule has 4 nitrogen and oxygen atoms in total. The number of phenolic OH excluding ortho intramolecular Hbond substituents is 1. The lowest BCUT2D eigenvalue weighted by Gasteiger charge is -2.18. The van der Waals surface area contributed by atoms with Gasteiger partial charge in [-0.3, -0.25) is 4.79 Å². The van der Waals surface area contributed by atoms with Gasteiger partial charge in [0.15, 0.2) is 11.6 Å². The van der Waals surface area contributed by atoms with Crippen molar-refractivity contribution in [3.8, 4) is 5.75 Å². The molecule has 1 aromatic rings. The number of carbonyl (C=O) groups is 1. The quantitative estimate of drug-likeness (QED) is 0.797. The van der Waals surface area contributed by atoms with Crippen molar-refractivity contribution >= 4 is 5.97 Å². The third-order valence-electron chi connectivity index (χ3n) is 1.98. The SMILES string of the molecule is CCN(Cc1ccc(O)c(F)c1)OC(C)=O. The second-order valence-electron chi connectivity index (χ2n) is 3.32. The van der Waals surface area contributed by atoms with Gasteiger partial charge in [0.2, 0.25) is 0 Å². The van der Waals surface area contributed by atoms with Crippen LogP contribution in [0.3, 0.4) is 0 Å². The highest BCUT2D eigenvalue weighted by molar-refractivity contribution is 5.65. The van der Waals surface area contributed by atoms with Gasteiger partial charge in [-0.25, -0.2) is 4.39 Å². The maximum Gasteiger partial charge on any atom is 0.322 e. The summed E-state index contributed by atoms with van der Waals surface area (Å²) in [6.45, 7) is 3.91. The molecule has 1 rings (SSSR count). The van der Waals surface area contributed by atoms with Gasteiger partial charge in [-0.15, -0.1) is 5.06 Å². The van der Waals surface area contributed by atoms with Crippen molar-refractivity contribution in [2.24, 2.45) is 0 Å². The number of hydrogen-bond acceptors (Lipinski definition) is 4. The van der Waals surface area contributed by atoms with Crippen LogP contribution < -0.4 is 0 Å². The highest BCUT2D eigenvalue weighted by atomic mass is 19.1. The molecular formula is C11H14FNO3. The Hall–Kier alpha value is -1.62. The van der Waals surface area contributed by atoms with Gasteiger partial charge in [0.1, 0.15) is 0 Å². The Morgan fingerprint density at radius 3 is 2.75 bits per heavy atom. The van der Waals surface area contributed by atoms with Crippen LogP contribution in [0, 0.1) is 5.82 Å². The number of hydroxylamine groups is 2. The number of phenols is 1. The van der Waals surface area contributed by atoms with Crippen LogP contribution in [0.4, 0.5) is 4.39 Å². The van der Waals surface area contributed by atoms with Gasteiger partial charge in [0.25, 0.3) is 0 Å². The maximum atomic E-state index is 13.0. The standard InChI is InChI=1S/C11H14FNO3/c1-3-13(16-8(2)14)7-9-4-5-11(15)10(12)6-9/h4-6,15H,3,7H2,1-2H3. The predicted molar refractivity (Wildman–Crippen MR) is 55.9 cm³/mol. The van der Waals surface area contributed by atoms with Crippen LogP contribution in [0.15, 0.2) is 18.2 Å². The lowest BCUT2D eigenvalue weighted by Crippen LogP contribution is -2.25. The largest absolute Gasteiger partial charge is 0.505 e. The third-order valence-corrected chi connectivity index (χ3v) is 1.98. The fourth-order valence-corrected chi connectivity index (χ4v) is 1.24. The van der Waals surface area contributed by atoms with Gasteiger partial charge in [-0.2, -0.15) is 0 Å². The molecule has 0 radical (unpaired) electrons. The van der Waals surface area contributed by atoms with E-state index in [-0.39, 0.29) is 12.3 Å². The van der Waals surface area contributed by atoms with Crippen molar-refractivity contribution in [2.45, 2.75) is 20.4 Å². The second kappa shape index (κ2) is 5.46. The van der Waals surface area contributed by atoms with Gasteiger partial charge < -0.3 is 9.94 Å². The Labute approximate surface area is 93.2 Å². The first-order valence-electron chi connectivity index (χ1n) is 4.93. The molecule has 5 heteroatoms. The fraction of sp³-hybridized carbons (Fsp3) is 0.364. The molecule has 1 aromatic carbocycles. The molecule has 0 atom stereocenters. The van der Waals surface area contributed by atoms with E-state index < -0.39 is 11.8 Å². The van der Waals surface area contributed by atoms with Gasteiger partial charge in [0, 0.05) is 13.5 Å². The molecule has 0 saturated heterocycles. The number of halogens is 1. The Balaban J connectivity index is 2.70. The lowest BCUT2D eigenvalue weighted by molar-refractivity contribution is -0.189. The number of aromatic hydroxyl groups is 1. The van der Waals surface area contributed by atoms with Crippen molar-refractivity contribution in [2.75, 3.05) is 6.54 Å². The predicted octanol–water partition coefficient (Wildman–Crippen LogP) is 1.83. The van der Waals surface area contributed by atoms with E-state index in [1.807, 2.05) is 6.92 Å². The number of benzene rings is 1. The molecule has 0 aliphatic carbocycles. The zero-order valence-corrected chi connectivity index (χ0v) is 9.24. The van der Waals surface area contributed by atoms with E-state index in [9.17, 15) is 9.18 Å². The number of rotatable bonds is 4. The molecule has 0 amide bonds. The van der Waals surface area contributed by atoms with E-state index in [1.165, 1.54) is 24.1 Å². The molecule has 0 spiro atoms. The van der Waals surface area contributed by atoms with Crippen molar-refractivity contribution in [1.29, 1.82) is 0 Å². The maximum absolute atomic E-state index is 13.0. The molecule has 0 aliphatic heterocycles. The number of carbonyl (C=O) groups excluding carboxylic acids is 1.